The highest BCUT2D eigenvalue weighted by Crippen LogP contribution is 2.29. The number of nitrogens with zero attached hydrogens (tertiary/aromatic N) is 3. The molecular formula is C21H27N3. The summed E-state index contributed by atoms with van der Waals surface area (Å²) >= 11 is 0. The van der Waals surface area contributed by atoms with Crippen molar-refractivity contribution in [2.24, 2.45) is 0 Å². The Morgan fingerprint density at radius 3 is 2.42 bits per heavy atom. The minimum atomic E-state index is 0.336. The van der Waals surface area contributed by atoms with Crippen LogP contribution < -0.4 is 4.90 Å². The van der Waals surface area contributed by atoms with E-state index in [1.807, 2.05) is 0 Å². The summed E-state index contributed by atoms with van der Waals surface area (Å²) in [6, 6.07) is 19.7. The van der Waals surface area contributed by atoms with Crippen LogP contribution in [0.1, 0.15) is 17.2 Å². The van der Waals surface area contributed by atoms with E-state index in [4.69, 9.17) is 0 Å². The van der Waals surface area contributed by atoms with Gasteiger partial charge in [0.1, 0.15) is 0 Å². The Balaban J connectivity index is 1.81. The molecule has 0 radical (unpaired) electrons. The first-order valence-electron chi connectivity index (χ1n) is 8.58. The third-order valence-electron chi connectivity index (χ3n) is 4.59. The fourth-order valence-corrected chi connectivity index (χ4v) is 3.23. The van der Waals surface area contributed by atoms with Crippen molar-refractivity contribution in [3.8, 4) is 0 Å². The van der Waals surface area contributed by atoms with E-state index in [9.17, 15) is 0 Å². The maximum Gasteiger partial charge on any atom is 0.0755 e. The zero-order valence-electron chi connectivity index (χ0n) is 14.9. The van der Waals surface area contributed by atoms with Gasteiger partial charge in [-0.1, -0.05) is 42.5 Å². The summed E-state index contributed by atoms with van der Waals surface area (Å²) in [6.45, 7) is 1.97. The maximum atomic E-state index is 2.40. The van der Waals surface area contributed by atoms with Gasteiger partial charge in [-0.15, -0.1) is 0 Å². The van der Waals surface area contributed by atoms with Gasteiger partial charge in [0.25, 0.3) is 0 Å². The summed E-state index contributed by atoms with van der Waals surface area (Å²) in [5, 5.41) is 0. The summed E-state index contributed by atoms with van der Waals surface area (Å²) in [5.41, 5.74) is 4.10. The lowest BCUT2D eigenvalue weighted by atomic mass is 9.96. The van der Waals surface area contributed by atoms with Gasteiger partial charge in [0, 0.05) is 18.4 Å². The van der Waals surface area contributed by atoms with Crippen LogP contribution in [0.5, 0.6) is 0 Å². The van der Waals surface area contributed by atoms with Crippen LogP contribution >= 0.6 is 0 Å². The molecule has 0 amide bonds. The highest BCUT2D eigenvalue weighted by Gasteiger charge is 2.22. The third-order valence-corrected chi connectivity index (χ3v) is 4.59. The van der Waals surface area contributed by atoms with Crippen molar-refractivity contribution < 1.29 is 0 Å². The molecule has 0 spiro atoms. The Hall–Kier alpha value is -2.10. The van der Waals surface area contributed by atoms with Gasteiger partial charge >= 0.3 is 0 Å². The number of rotatable bonds is 5. The molecule has 1 heterocycles. The SMILES string of the molecule is CN(C)CCc1ccccc1C1C=CN(c2ccccc2)CN1C. The van der Waals surface area contributed by atoms with Gasteiger partial charge in [-0.05, 0) is 56.9 Å². The molecule has 3 nitrogen and oxygen atoms in total. The average Bonchev–Trinajstić information content (AvgIpc) is 2.61. The van der Waals surface area contributed by atoms with E-state index < -0.39 is 0 Å². The first-order valence-corrected chi connectivity index (χ1v) is 8.58. The summed E-state index contributed by atoms with van der Waals surface area (Å²) in [4.78, 5) is 6.94. The first-order chi connectivity index (χ1) is 11.6. The van der Waals surface area contributed by atoms with Crippen molar-refractivity contribution in [1.29, 1.82) is 0 Å². The minimum Gasteiger partial charge on any atom is -0.335 e. The standard InChI is InChI=1S/C21H27N3/c1-22(2)15-13-18-9-7-8-12-20(18)21-14-16-24(17-23(21)3)19-10-5-4-6-11-19/h4-12,14,16,21H,13,15,17H2,1-3H3. The first kappa shape index (κ1) is 16.7. The van der Waals surface area contributed by atoms with Crippen LogP contribution in [0.15, 0.2) is 66.9 Å². The van der Waals surface area contributed by atoms with Gasteiger partial charge in [0.2, 0.25) is 0 Å². The van der Waals surface area contributed by atoms with Crippen LogP contribution in [0, 0.1) is 0 Å². The Labute approximate surface area is 145 Å². The van der Waals surface area contributed by atoms with Crippen LogP contribution in [0.2, 0.25) is 0 Å². The molecule has 0 fully saturated rings. The summed E-state index contributed by atoms with van der Waals surface area (Å²) in [6.07, 6.45) is 5.62. The van der Waals surface area contributed by atoms with Gasteiger partial charge < -0.3 is 9.80 Å². The van der Waals surface area contributed by atoms with Crippen molar-refractivity contribution >= 4 is 5.69 Å². The van der Waals surface area contributed by atoms with E-state index >= 15 is 0 Å². The van der Waals surface area contributed by atoms with Crippen molar-refractivity contribution in [3.05, 3.63) is 78.0 Å². The molecule has 2 aromatic carbocycles. The highest BCUT2D eigenvalue weighted by molar-refractivity contribution is 5.50. The molecule has 0 aromatic heterocycles. The molecule has 1 aliphatic heterocycles. The molecule has 0 aliphatic carbocycles. The van der Waals surface area contributed by atoms with Crippen molar-refractivity contribution in [2.75, 3.05) is 39.3 Å². The minimum absolute atomic E-state index is 0.336. The zero-order valence-corrected chi connectivity index (χ0v) is 14.9. The second-order valence-electron chi connectivity index (χ2n) is 6.74. The largest absolute Gasteiger partial charge is 0.335 e. The predicted molar refractivity (Wildman–Crippen MR) is 102 cm³/mol. The van der Waals surface area contributed by atoms with Crippen molar-refractivity contribution in [3.63, 3.8) is 0 Å². The van der Waals surface area contributed by atoms with E-state index in [2.05, 4.69) is 103 Å². The summed E-state index contributed by atoms with van der Waals surface area (Å²) in [5.74, 6) is 0. The van der Waals surface area contributed by atoms with E-state index in [-0.39, 0.29) is 0 Å². The Morgan fingerprint density at radius 1 is 1.00 bits per heavy atom. The number of benzene rings is 2. The quantitative estimate of drug-likeness (QED) is 0.830. The van der Waals surface area contributed by atoms with Crippen LogP contribution in [-0.4, -0.2) is 44.2 Å². The lowest BCUT2D eigenvalue weighted by molar-refractivity contribution is 0.278. The number of anilines is 1. The molecule has 126 valence electrons. The lowest BCUT2D eigenvalue weighted by Gasteiger charge is -2.37. The molecule has 24 heavy (non-hydrogen) atoms. The van der Waals surface area contributed by atoms with Crippen LogP contribution in [0.25, 0.3) is 0 Å². The fourth-order valence-electron chi connectivity index (χ4n) is 3.23. The zero-order chi connectivity index (χ0) is 16.9. The number of hydrogen-bond acceptors (Lipinski definition) is 3. The van der Waals surface area contributed by atoms with Gasteiger partial charge in [0.05, 0.1) is 12.7 Å². The molecule has 0 bridgehead atoms. The highest BCUT2D eigenvalue weighted by atomic mass is 15.3. The molecular weight excluding hydrogens is 294 g/mol. The van der Waals surface area contributed by atoms with Crippen LogP contribution in [-0.2, 0) is 6.42 Å². The lowest BCUT2D eigenvalue weighted by Crippen LogP contribution is -2.38. The summed E-state index contributed by atoms with van der Waals surface area (Å²) in [7, 11) is 6.47. The topological polar surface area (TPSA) is 9.72 Å². The van der Waals surface area contributed by atoms with Gasteiger partial charge in [-0.25, -0.2) is 0 Å². The normalized spacial score (nSPS) is 18.3. The van der Waals surface area contributed by atoms with Crippen LogP contribution in [0.4, 0.5) is 5.69 Å². The fraction of sp³-hybridized carbons (Fsp3) is 0.333. The predicted octanol–water partition coefficient (Wildman–Crippen LogP) is 3.76. The number of likely N-dealkylation sites (N-methyl/N-ethyl adjacent to an activating group) is 2. The Morgan fingerprint density at radius 2 is 1.71 bits per heavy atom. The Bertz CT molecular complexity index is 678. The van der Waals surface area contributed by atoms with E-state index in [0.717, 1.165) is 19.6 Å². The Kier molecular flexibility index (Phi) is 5.34. The van der Waals surface area contributed by atoms with Gasteiger partial charge in [-0.2, -0.15) is 0 Å². The second-order valence-corrected chi connectivity index (χ2v) is 6.74. The van der Waals surface area contributed by atoms with E-state index in [0.29, 0.717) is 6.04 Å². The second kappa shape index (κ2) is 7.65. The molecule has 3 rings (SSSR count). The summed E-state index contributed by atoms with van der Waals surface area (Å²) < 4.78 is 0. The maximum absolute atomic E-state index is 2.40. The molecule has 0 saturated carbocycles. The molecule has 0 N–H and O–H groups in total. The van der Waals surface area contributed by atoms with Crippen LogP contribution in [0.3, 0.4) is 0 Å². The van der Waals surface area contributed by atoms with Gasteiger partial charge in [0.15, 0.2) is 0 Å². The molecule has 0 saturated heterocycles. The van der Waals surface area contributed by atoms with Crippen molar-refractivity contribution in [1.82, 2.24) is 9.80 Å². The molecule has 1 unspecified atom stereocenters. The number of para-hydroxylation sites is 1. The van der Waals surface area contributed by atoms with E-state index in [1.165, 1.54) is 16.8 Å². The third kappa shape index (κ3) is 3.86. The molecule has 2 aromatic rings. The monoisotopic (exact) mass is 321 g/mol. The average molecular weight is 321 g/mol. The number of hydrogen-bond donors (Lipinski definition) is 0. The van der Waals surface area contributed by atoms with E-state index in [1.54, 1.807) is 0 Å². The molecule has 1 aliphatic rings. The van der Waals surface area contributed by atoms with Gasteiger partial charge in [-0.3, -0.25) is 4.90 Å². The van der Waals surface area contributed by atoms with Crippen molar-refractivity contribution in [2.45, 2.75) is 12.5 Å². The molecule has 1 atom stereocenters. The molecule has 3 heteroatoms. The smallest absolute Gasteiger partial charge is 0.0755 e.